The van der Waals surface area contributed by atoms with E-state index in [0.29, 0.717) is 19.0 Å². The van der Waals surface area contributed by atoms with Gasteiger partial charge in [0.05, 0.1) is 30.4 Å². The molecule has 0 amide bonds. The molecule has 0 bridgehead atoms. The SMILES string of the molecule is CC(C)C(C)(C)O[B]c1ccc(-c2cnc(CNC[C@H](C)C#N)[nH]2)cc1. The van der Waals surface area contributed by atoms with Crippen molar-refractivity contribution in [1.82, 2.24) is 15.3 Å². The van der Waals surface area contributed by atoms with Crippen molar-refractivity contribution in [3.8, 4) is 17.3 Å². The lowest BCUT2D eigenvalue weighted by Gasteiger charge is -2.30. The van der Waals surface area contributed by atoms with Crippen LogP contribution in [0.1, 0.15) is 40.4 Å². The van der Waals surface area contributed by atoms with Gasteiger partial charge in [-0.05, 0) is 32.3 Å². The lowest BCUT2D eigenvalue weighted by Crippen LogP contribution is -2.36. The number of hydrogen-bond donors (Lipinski definition) is 2. The van der Waals surface area contributed by atoms with Gasteiger partial charge in [-0.3, -0.25) is 0 Å². The lowest BCUT2D eigenvalue weighted by molar-refractivity contribution is 0.0668. The lowest BCUT2D eigenvalue weighted by atomic mass is 9.84. The van der Waals surface area contributed by atoms with Crippen molar-refractivity contribution in [2.75, 3.05) is 6.54 Å². The molecule has 1 aromatic carbocycles. The second-order valence-electron chi connectivity index (χ2n) is 7.52. The van der Waals surface area contributed by atoms with Gasteiger partial charge in [-0.25, -0.2) is 4.98 Å². The van der Waals surface area contributed by atoms with Gasteiger partial charge in [-0.15, -0.1) is 0 Å². The summed E-state index contributed by atoms with van der Waals surface area (Å²) in [5, 5.41) is 12.0. The van der Waals surface area contributed by atoms with E-state index in [-0.39, 0.29) is 11.5 Å². The summed E-state index contributed by atoms with van der Waals surface area (Å²) in [5.74, 6) is 1.30. The zero-order valence-corrected chi connectivity index (χ0v) is 16.3. The van der Waals surface area contributed by atoms with E-state index in [4.69, 9.17) is 9.92 Å². The molecule has 0 aliphatic heterocycles. The quantitative estimate of drug-likeness (QED) is 0.681. The second kappa shape index (κ2) is 9.02. The first-order valence-corrected chi connectivity index (χ1v) is 9.07. The van der Waals surface area contributed by atoms with Crippen molar-refractivity contribution < 1.29 is 4.65 Å². The molecule has 2 N–H and O–H groups in total. The van der Waals surface area contributed by atoms with E-state index in [1.54, 1.807) is 0 Å². The number of aromatic amines is 1. The first-order valence-electron chi connectivity index (χ1n) is 9.07. The molecule has 137 valence electrons. The molecule has 0 saturated carbocycles. The standard InChI is InChI=1S/C20H28BN4O/c1-14(2)20(4,5)26-21-17-8-6-16(7-9-17)18-12-24-19(25-18)13-23-11-15(3)10-22/h6-9,12,14-15,23H,11,13H2,1-5H3,(H,24,25)/t15-/m1/s1. The largest absolute Gasteiger partial charge is 0.429 e. The van der Waals surface area contributed by atoms with Crippen LogP contribution >= 0.6 is 0 Å². The van der Waals surface area contributed by atoms with Crippen LogP contribution in [0.15, 0.2) is 30.5 Å². The maximum absolute atomic E-state index is 8.79. The zero-order chi connectivity index (χ0) is 19.2. The van der Waals surface area contributed by atoms with Crippen LogP contribution in [-0.2, 0) is 11.2 Å². The molecule has 1 heterocycles. The monoisotopic (exact) mass is 351 g/mol. The molecule has 0 aliphatic carbocycles. The number of imidazole rings is 1. The van der Waals surface area contributed by atoms with E-state index in [0.717, 1.165) is 22.5 Å². The Balaban J connectivity index is 1.91. The fourth-order valence-corrected chi connectivity index (χ4v) is 2.15. The number of benzene rings is 1. The van der Waals surface area contributed by atoms with Gasteiger partial charge in [0.2, 0.25) is 0 Å². The molecule has 2 rings (SSSR count). The van der Waals surface area contributed by atoms with Crippen LogP contribution in [0.3, 0.4) is 0 Å². The van der Waals surface area contributed by atoms with Crippen molar-refractivity contribution >= 4 is 12.9 Å². The van der Waals surface area contributed by atoms with Gasteiger partial charge in [0.15, 0.2) is 0 Å². The third kappa shape index (κ3) is 5.72. The van der Waals surface area contributed by atoms with Gasteiger partial charge >= 0.3 is 7.48 Å². The van der Waals surface area contributed by atoms with Gasteiger partial charge in [-0.2, -0.15) is 5.26 Å². The van der Waals surface area contributed by atoms with Gasteiger partial charge in [-0.1, -0.05) is 43.6 Å². The predicted molar refractivity (Wildman–Crippen MR) is 106 cm³/mol. The summed E-state index contributed by atoms with van der Waals surface area (Å²) in [6, 6.07) is 10.4. The first-order chi connectivity index (χ1) is 12.3. The van der Waals surface area contributed by atoms with E-state index in [1.807, 2.05) is 32.7 Å². The Morgan fingerprint density at radius 1 is 1.27 bits per heavy atom. The molecule has 0 unspecified atom stereocenters. The fourth-order valence-electron chi connectivity index (χ4n) is 2.15. The molecule has 0 spiro atoms. The highest BCUT2D eigenvalue weighted by Gasteiger charge is 2.22. The highest BCUT2D eigenvalue weighted by atomic mass is 16.5. The maximum atomic E-state index is 8.79. The predicted octanol–water partition coefficient (Wildman–Crippen LogP) is 3.02. The molecule has 1 atom stereocenters. The Bertz CT molecular complexity index is 731. The first kappa shape index (κ1) is 20.2. The topological polar surface area (TPSA) is 73.7 Å². The van der Waals surface area contributed by atoms with Gasteiger partial charge < -0.3 is 15.0 Å². The van der Waals surface area contributed by atoms with Crippen molar-refractivity contribution in [1.29, 1.82) is 5.26 Å². The molecule has 26 heavy (non-hydrogen) atoms. The van der Waals surface area contributed by atoms with Crippen LogP contribution in [-0.4, -0.2) is 29.6 Å². The molecule has 0 aliphatic rings. The number of H-pyrrole nitrogens is 1. The molecular weight excluding hydrogens is 323 g/mol. The third-order valence-electron chi connectivity index (χ3n) is 4.70. The van der Waals surface area contributed by atoms with Gasteiger partial charge in [0.25, 0.3) is 0 Å². The number of aromatic nitrogens is 2. The van der Waals surface area contributed by atoms with Crippen LogP contribution in [0.5, 0.6) is 0 Å². The zero-order valence-electron chi connectivity index (χ0n) is 16.3. The smallest absolute Gasteiger partial charge is 0.330 e. The van der Waals surface area contributed by atoms with Crippen molar-refractivity contribution in [3.05, 3.63) is 36.3 Å². The average Bonchev–Trinajstić information content (AvgIpc) is 3.09. The number of nitrogens with zero attached hydrogens (tertiary/aromatic N) is 2. The van der Waals surface area contributed by atoms with E-state index in [9.17, 15) is 0 Å². The minimum Gasteiger partial charge on any atom is -0.429 e. The highest BCUT2D eigenvalue weighted by Crippen LogP contribution is 2.20. The van der Waals surface area contributed by atoms with Crippen LogP contribution in [0, 0.1) is 23.2 Å². The highest BCUT2D eigenvalue weighted by molar-refractivity contribution is 6.47. The summed E-state index contributed by atoms with van der Waals surface area (Å²) in [6.07, 6.45) is 1.84. The molecule has 5 nitrogen and oxygen atoms in total. The minimum absolute atomic E-state index is 0.00359. The Kier molecular flexibility index (Phi) is 7.02. The van der Waals surface area contributed by atoms with E-state index in [2.05, 4.69) is 61.2 Å². The van der Waals surface area contributed by atoms with Crippen molar-refractivity contribution in [2.45, 2.75) is 46.8 Å². The van der Waals surface area contributed by atoms with Crippen LogP contribution in [0.25, 0.3) is 11.3 Å². The molecular formula is C20H28BN4O. The van der Waals surface area contributed by atoms with E-state index in [1.165, 1.54) is 0 Å². The summed E-state index contributed by atoms with van der Waals surface area (Å²) in [4.78, 5) is 7.71. The van der Waals surface area contributed by atoms with Crippen LogP contribution < -0.4 is 10.8 Å². The molecule has 0 fully saturated rings. The van der Waals surface area contributed by atoms with Crippen LogP contribution in [0.4, 0.5) is 0 Å². The maximum Gasteiger partial charge on any atom is 0.330 e. The van der Waals surface area contributed by atoms with E-state index < -0.39 is 0 Å². The van der Waals surface area contributed by atoms with Gasteiger partial charge in [0.1, 0.15) is 5.82 Å². The summed E-state index contributed by atoms with van der Waals surface area (Å²) < 4.78 is 5.92. The normalized spacial score (nSPS) is 12.8. The Morgan fingerprint density at radius 3 is 2.58 bits per heavy atom. The Hall–Kier alpha value is -2.10. The summed E-state index contributed by atoms with van der Waals surface area (Å²) in [5.41, 5.74) is 2.90. The van der Waals surface area contributed by atoms with Gasteiger partial charge in [0, 0.05) is 12.1 Å². The molecule has 1 aromatic heterocycles. The fraction of sp³-hybridized carbons (Fsp3) is 0.500. The number of hydrogen-bond acceptors (Lipinski definition) is 4. The molecule has 0 saturated heterocycles. The van der Waals surface area contributed by atoms with E-state index >= 15 is 0 Å². The second-order valence-corrected chi connectivity index (χ2v) is 7.52. The summed E-state index contributed by atoms with van der Waals surface area (Å²) >= 11 is 0. The Labute approximate surface area is 157 Å². The minimum atomic E-state index is -0.188. The number of nitriles is 1. The molecule has 2 aromatic rings. The summed E-state index contributed by atoms with van der Waals surface area (Å²) in [7, 11) is 1.82. The molecule has 1 radical (unpaired) electrons. The Morgan fingerprint density at radius 2 is 1.96 bits per heavy atom. The van der Waals surface area contributed by atoms with Crippen molar-refractivity contribution in [3.63, 3.8) is 0 Å². The third-order valence-corrected chi connectivity index (χ3v) is 4.70. The summed E-state index contributed by atoms with van der Waals surface area (Å²) in [6.45, 7) is 11.7. The molecule has 6 heteroatoms. The average molecular weight is 351 g/mol. The van der Waals surface area contributed by atoms with Crippen molar-refractivity contribution in [2.24, 2.45) is 11.8 Å². The van der Waals surface area contributed by atoms with Crippen LogP contribution in [0.2, 0.25) is 0 Å². The number of rotatable bonds is 9. The number of nitrogens with one attached hydrogen (secondary N) is 2.